The third-order valence-electron chi connectivity index (χ3n) is 6.58. The van der Waals surface area contributed by atoms with E-state index in [9.17, 15) is 29.7 Å². The number of para-hydroxylation sites is 2. The van der Waals surface area contributed by atoms with E-state index >= 15 is 0 Å². The molecule has 0 fully saturated rings. The van der Waals surface area contributed by atoms with Gasteiger partial charge in [0.25, 0.3) is 5.91 Å². The minimum absolute atomic E-state index is 0.0233. The number of anilines is 1. The van der Waals surface area contributed by atoms with Gasteiger partial charge in [0.2, 0.25) is 5.91 Å². The van der Waals surface area contributed by atoms with Gasteiger partial charge in [-0.05, 0) is 69.5 Å². The van der Waals surface area contributed by atoms with Crippen molar-refractivity contribution in [3.05, 3.63) is 87.9 Å². The lowest BCUT2D eigenvalue weighted by atomic mass is 9.97. The number of ether oxygens (including phenoxy) is 1. The van der Waals surface area contributed by atoms with Crippen LogP contribution in [-0.2, 0) is 20.7 Å². The molecule has 3 aromatic carbocycles. The molecule has 0 saturated carbocycles. The van der Waals surface area contributed by atoms with Crippen LogP contribution >= 0.6 is 11.6 Å². The van der Waals surface area contributed by atoms with E-state index in [2.05, 4.69) is 10.6 Å². The molecule has 0 aliphatic heterocycles. The SMILES string of the molecule is Cc1cccc(C(C(=O)Nc2c(C)cccc2Cl)N(CCO)C(=O)C(Cc2ccc(O)cc2)NC(=O)OC(C)(C)C)c1O. The third kappa shape index (κ3) is 8.86. The number of nitrogens with one attached hydrogen (secondary N) is 2. The molecule has 0 heterocycles. The highest BCUT2D eigenvalue weighted by Gasteiger charge is 2.38. The summed E-state index contributed by atoms with van der Waals surface area (Å²) in [7, 11) is 0. The Labute approximate surface area is 256 Å². The predicted octanol–water partition coefficient (Wildman–Crippen LogP) is 5.00. The maximum absolute atomic E-state index is 14.3. The molecule has 2 unspecified atom stereocenters. The summed E-state index contributed by atoms with van der Waals surface area (Å²) in [5, 5.41) is 36.5. The number of aliphatic hydroxyl groups excluding tert-OH is 1. The number of nitrogens with zero attached hydrogens (tertiary/aromatic N) is 1. The number of aryl methyl sites for hydroxylation is 2. The van der Waals surface area contributed by atoms with Crippen LogP contribution in [0.2, 0.25) is 5.02 Å². The number of phenols is 2. The summed E-state index contributed by atoms with van der Waals surface area (Å²) in [6, 6.07) is 13.3. The number of hydrogen-bond acceptors (Lipinski definition) is 7. The molecule has 0 aliphatic carbocycles. The number of phenolic OH excluding ortho intramolecular Hbond substituents is 2. The summed E-state index contributed by atoms with van der Waals surface area (Å²) in [4.78, 5) is 42.3. The van der Waals surface area contributed by atoms with Gasteiger partial charge in [0, 0.05) is 18.5 Å². The molecular formula is C32H38ClN3O7. The Balaban J connectivity index is 2.11. The molecule has 11 heteroatoms. The number of aliphatic hydroxyl groups is 1. The van der Waals surface area contributed by atoms with Gasteiger partial charge in [-0.25, -0.2) is 4.79 Å². The van der Waals surface area contributed by atoms with Crippen molar-refractivity contribution < 1.29 is 34.4 Å². The van der Waals surface area contributed by atoms with Gasteiger partial charge in [-0.1, -0.05) is 54.1 Å². The fourth-order valence-corrected chi connectivity index (χ4v) is 4.80. The van der Waals surface area contributed by atoms with Crippen LogP contribution in [0, 0.1) is 13.8 Å². The number of rotatable bonds is 10. The summed E-state index contributed by atoms with van der Waals surface area (Å²) < 4.78 is 5.40. The molecule has 2 atom stereocenters. The second-order valence-corrected chi connectivity index (χ2v) is 11.6. The lowest BCUT2D eigenvalue weighted by Crippen LogP contribution is -2.54. The molecule has 3 rings (SSSR count). The minimum Gasteiger partial charge on any atom is -0.508 e. The fraction of sp³-hybridized carbons (Fsp3) is 0.344. The molecule has 0 aliphatic rings. The maximum atomic E-state index is 14.3. The number of amides is 3. The molecule has 0 saturated heterocycles. The van der Waals surface area contributed by atoms with Gasteiger partial charge in [0.1, 0.15) is 29.2 Å². The Morgan fingerprint density at radius 1 is 0.953 bits per heavy atom. The first kappa shape index (κ1) is 33.2. The van der Waals surface area contributed by atoms with E-state index in [0.29, 0.717) is 22.4 Å². The van der Waals surface area contributed by atoms with Crippen LogP contribution in [0.4, 0.5) is 10.5 Å². The molecule has 0 spiro atoms. The molecule has 0 bridgehead atoms. The monoisotopic (exact) mass is 611 g/mol. The largest absolute Gasteiger partial charge is 0.508 e. The van der Waals surface area contributed by atoms with Crippen molar-refractivity contribution in [2.45, 2.75) is 58.7 Å². The minimum atomic E-state index is -1.43. The number of alkyl carbamates (subject to hydrolysis) is 1. The van der Waals surface area contributed by atoms with Crippen LogP contribution in [0.1, 0.15) is 49.1 Å². The summed E-state index contributed by atoms with van der Waals surface area (Å²) in [5.74, 6) is -1.59. The van der Waals surface area contributed by atoms with E-state index < -0.39 is 42.2 Å². The van der Waals surface area contributed by atoms with E-state index in [1.807, 2.05) is 0 Å². The molecule has 3 aromatic rings. The number of halogens is 1. The summed E-state index contributed by atoms with van der Waals surface area (Å²) in [6.07, 6.45) is -0.891. The van der Waals surface area contributed by atoms with E-state index in [1.54, 1.807) is 77.1 Å². The van der Waals surface area contributed by atoms with Crippen LogP contribution in [-0.4, -0.2) is 62.9 Å². The number of hydrogen-bond donors (Lipinski definition) is 5. The number of aromatic hydroxyl groups is 2. The first-order valence-electron chi connectivity index (χ1n) is 13.7. The quantitative estimate of drug-likeness (QED) is 0.216. The van der Waals surface area contributed by atoms with Gasteiger partial charge >= 0.3 is 6.09 Å². The normalized spacial score (nSPS) is 12.6. The van der Waals surface area contributed by atoms with Gasteiger partial charge in [-0.15, -0.1) is 0 Å². The van der Waals surface area contributed by atoms with Gasteiger partial charge in [0.05, 0.1) is 17.3 Å². The van der Waals surface area contributed by atoms with E-state index in [0.717, 1.165) is 4.90 Å². The van der Waals surface area contributed by atoms with Crippen LogP contribution in [0.3, 0.4) is 0 Å². The molecule has 0 radical (unpaired) electrons. The zero-order chi connectivity index (χ0) is 31.9. The first-order valence-corrected chi connectivity index (χ1v) is 14.1. The van der Waals surface area contributed by atoms with Crippen molar-refractivity contribution in [2.75, 3.05) is 18.5 Å². The number of carbonyl (C=O) groups is 3. The lowest BCUT2D eigenvalue weighted by Gasteiger charge is -2.34. The summed E-state index contributed by atoms with van der Waals surface area (Å²) in [5.41, 5.74) is 1.32. The highest BCUT2D eigenvalue weighted by atomic mass is 35.5. The van der Waals surface area contributed by atoms with E-state index in [1.165, 1.54) is 18.2 Å². The summed E-state index contributed by atoms with van der Waals surface area (Å²) in [6.45, 7) is 7.62. The Morgan fingerprint density at radius 3 is 2.19 bits per heavy atom. The molecule has 10 nitrogen and oxygen atoms in total. The lowest BCUT2D eigenvalue weighted by molar-refractivity contribution is -0.141. The second kappa shape index (κ2) is 14.3. The van der Waals surface area contributed by atoms with Crippen molar-refractivity contribution in [1.29, 1.82) is 0 Å². The Morgan fingerprint density at radius 2 is 1.58 bits per heavy atom. The van der Waals surface area contributed by atoms with E-state index in [4.69, 9.17) is 16.3 Å². The van der Waals surface area contributed by atoms with Crippen LogP contribution in [0.5, 0.6) is 11.5 Å². The molecular weight excluding hydrogens is 574 g/mol. The number of benzene rings is 3. The van der Waals surface area contributed by atoms with Crippen LogP contribution in [0.25, 0.3) is 0 Å². The van der Waals surface area contributed by atoms with Gasteiger partial charge in [0.15, 0.2) is 0 Å². The van der Waals surface area contributed by atoms with Crippen LogP contribution in [0.15, 0.2) is 60.7 Å². The molecule has 230 valence electrons. The first-order chi connectivity index (χ1) is 20.2. The number of carbonyl (C=O) groups excluding carboxylic acids is 3. The van der Waals surface area contributed by atoms with Crippen molar-refractivity contribution in [3.8, 4) is 11.5 Å². The molecule has 5 N–H and O–H groups in total. The highest BCUT2D eigenvalue weighted by molar-refractivity contribution is 6.34. The zero-order valence-electron chi connectivity index (χ0n) is 24.8. The van der Waals surface area contributed by atoms with Gasteiger partial charge < -0.3 is 35.6 Å². The average Bonchev–Trinajstić information content (AvgIpc) is 2.92. The molecule has 3 amide bonds. The molecule has 0 aromatic heterocycles. The smallest absolute Gasteiger partial charge is 0.408 e. The Bertz CT molecular complexity index is 1430. The van der Waals surface area contributed by atoms with Crippen molar-refractivity contribution in [2.24, 2.45) is 0 Å². The highest BCUT2D eigenvalue weighted by Crippen LogP contribution is 2.34. The van der Waals surface area contributed by atoms with E-state index in [-0.39, 0.29) is 35.1 Å². The maximum Gasteiger partial charge on any atom is 0.408 e. The average molecular weight is 612 g/mol. The fourth-order valence-electron chi connectivity index (χ4n) is 4.53. The summed E-state index contributed by atoms with van der Waals surface area (Å²) >= 11 is 6.38. The zero-order valence-corrected chi connectivity index (χ0v) is 25.6. The Hall–Kier alpha value is -4.28. The van der Waals surface area contributed by atoms with Crippen molar-refractivity contribution in [3.63, 3.8) is 0 Å². The van der Waals surface area contributed by atoms with Crippen molar-refractivity contribution in [1.82, 2.24) is 10.2 Å². The van der Waals surface area contributed by atoms with Crippen LogP contribution < -0.4 is 10.6 Å². The van der Waals surface area contributed by atoms with Gasteiger partial charge in [-0.3, -0.25) is 9.59 Å². The standard InChI is InChI=1S/C32H38ClN3O7/c1-19-8-7-11-24(33)26(19)35-29(40)27(23-10-6-9-20(2)28(23)39)36(16-17-37)30(41)25(34-31(42)43-32(3,4)5)18-21-12-14-22(38)15-13-21/h6-15,25,27,37-39H,16-18H2,1-5H3,(H,34,42)(H,35,40). The third-order valence-corrected chi connectivity index (χ3v) is 6.90. The second-order valence-electron chi connectivity index (χ2n) is 11.2. The topological polar surface area (TPSA) is 148 Å². The Kier molecular flexibility index (Phi) is 11.0. The predicted molar refractivity (Wildman–Crippen MR) is 164 cm³/mol. The van der Waals surface area contributed by atoms with Gasteiger partial charge in [-0.2, -0.15) is 0 Å². The molecule has 43 heavy (non-hydrogen) atoms. The van der Waals surface area contributed by atoms with Crippen molar-refractivity contribution >= 4 is 35.2 Å².